The van der Waals surface area contributed by atoms with E-state index in [9.17, 15) is 0 Å². The predicted molar refractivity (Wildman–Crippen MR) is 46.6 cm³/mol. The molecule has 0 bridgehead atoms. The van der Waals surface area contributed by atoms with Crippen LogP contribution in [0.25, 0.3) is 0 Å². The summed E-state index contributed by atoms with van der Waals surface area (Å²) in [5.41, 5.74) is 0. The van der Waals surface area contributed by atoms with Crippen molar-refractivity contribution >= 4 is 0 Å². The van der Waals surface area contributed by atoms with Crippen LogP contribution in [0, 0.1) is 0 Å². The molecule has 0 saturated carbocycles. The Labute approximate surface area is 68.6 Å². The minimum Gasteiger partial charge on any atom is -0.374 e. The summed E-state index contributed by atoms with van der Waals surface area (Å²) in [7, 11) is 1.96. The lowest BCUT2D eigenvalue weighted by Gasteiger charge is -2.05. The first kappa shape index (κ1) is 8.75. The maximum absolute atomic E-state index is 5.43. The van der Waals surface area contributed by atoms with Crippen LogP contribution in [0.4, 0.5) is 0 Å². The molecular weight excluding hydrogens is 138 g/mol. The summed E-state index contributed by atoms with van der Waals surface area (Å²) >= 11 is 0. The molecule has 0 amide bonds. The van der Waals surface area contributed by atoms with Gasteiger partial charge in [0.1, 0.15) is 0 Å². The van der Waals surface area contributed by atoms with Gasteiger partial charge in [-0.25, -0.2) is 0 Å². The molecule has 2 nitrogen and oxygen atoms in total. The normalized spacial score (nSPS) is 28.0. The Kier molecular flexibility index (Phi) is 3.60. The number of hydrogen-bond acceptors (Lipinski definition) is 2. The van der Waals surface area contributed by atoms with Gasteiger partial charge in [-0.15, -0.1) is 0 Å². The van der Waals surface area contributed by atoms with Gasteiger partial charge in [0.2, 0.25) is 0 Å². The SMILES string of the molecule is CNC(C)/C=C/C1CCCO1. The predicted octanol–water partition coefficient (Wildman–Crippen LogP) is 1.33. The van der Waals surface area contributed by atoms with E-state index in [1.54, 1.807) is 0 Å². The van der Waals surface area contributed by atoms with Crippen molar-refractivity contribution < 1.29 is 4.74 Å². The highest BCUT2D eigenvalue weighted by Gasteiger charge is 2.11. The van der Waals surface area contributed by atoms with Crippen LogP contribution in [0.5, 0.6) is 0 Å². The number of likely N-dealkylation sites (N-methyl/N-ethyl adjacent to an activating group) is 1. The molecular formula is C9H17NO. The average molecular weight is 155 g/mol. The van der Waals surface area contributed by atoms with E-state index in [0.717, 1.165) is 6.61 Å². The zero-order chi connectivity index (χ0) is 8.10. The fraction of sp³-hybridized carbons (Fsp3) is 0.778. The molecule has 1 aliphatic rings. The summed E-state index contributed by atoms with van der Waals surface area (Å²) in [6.07, 6.45) is 7.10. The maximum atomic E-state index is 5.43. The first-order valence-corrected chi connectivity index (χ1v) is 4.30. The minimum absolute atomic E-state index is 0.380. The average Bonchev–Trinajstić information content (AvgIpc) is 2.52. The molecule has 2 heteroatoms. The molecule has 1 fully saturated rings. The van der Waals surface area contributed by atoms with Crippen LogP contribution in [0.15, 0.2) is 12.2 Å². The summed E-state index contributed by atoms with van der Waals surface area (Å²) < 4.78 is 5.43. The molecule has 0 aromatic heterocycles. The standard InChI is InChI=1S/C9H17NO/c1-8(10-2)5-6-9-4-3-7-11-9/h5-6,8-10H,3-4,7H2,1-2H3/b6-5+. The van der Waals surface area contributed by atoms with E-state index in [-0.39, 0.29) is 0 Å². The molecule has 0 aromatic carbocycles. The van der Waals surface area contributed by atoms with Crippen molar-refractivity contribution in [2.45, 2.75) is 31.9 Å². The zero-order valence-corrected chi connectivity index (χ0v) is 7.34. The summed E-state index contributed by atoms with van der Waals surface area (Å²) in [6, 6.07) is 0.458. The molecule has 11 heavy (non-hydrogen) atoms. The Hall–Kier alpha value is -0.340. The second-order valence-corrected chi connectivity index (χ2v) is 3.01. The summed E-state index contributed by atoms with van der Waals surface area (Å²) in [4.78, 5) is 0. The zero-order valence-electron chi connectivity index (χ0n) is 7.34. The highest BCUT2D eigenvalue weighted by Crippen LogP contribution is 2.12. The monoisotopic (exact) mass is 155 g/mol. The van der Waals surface area contributed by atoms with Crippen molar-refractivity contribution in [2.75, 3.05) is 13.7 Å². The third kappa shape index (κ3) is 3.04. The molecule has 1 N–H and O–H groups in total. The smallest absolute Gasteiger partial charge is 0.0757 e. The number of ether oxygens (including phenoxy) is 1. The first-order chi connectivity index (χ1) is 5.33. The van der Waals surface area contributed by atoms with Gasteiger partial charge in [-0.3, -0.25) is 0 Å². The molecule has 1 heterocycles. The van der Waals surface area contributed by atoms with Gasteiger partial charge in [0.05, 0.1) is 6.10 Å². The van der Waals surface area contributed by atoms with Gasteiger partial charge in [0.25, 0.3) is 0 Å². The summed E-state index contributed by atoms with van der Waals surface area (Å²) in [5, 5.41) is 3.15. The molecule has 2 unspecified atom stereocenters. The lowest BCUT2D eigenvalue weighted by molar-refractivity contribution is 0.145. The maximum Gasteiger partial charge on any atom is 0.0757 e. The van der Waals surface area contributed by atoms with E-state index >= 15 is 0 Å². The largest absolute Gasteiger partial charge is 0.374 e. The van der Waals surface area contributed by atoms with Crippen molar-refractivity contribution in [1.29, 1.82) is 0 Å². The van der Waals surface area contributed by atoms with Gasteiger partial charge in [0, 0.05) is 12.6 Å². The number of rotatable bonds is 3. The molecule has 64 valence electrons. The van der Waals surface area contributed by atoms with Crippen molar-refractivity contribution in [3.63, 3.8) is 0 Å². The van der Waals surface area contributed by atoms with Gasteiger partial charge in [-0.2, -0.15) is 0 Å². The molecule has 1 aliphatic heterocycles. The third-order valence-electron chi connectivity index (χ3n) is 2.03. The second kappa shape index (κ2) is 4.52. The Bertz CT molecular complexity index is 128. The van der Waals surface area contributed by atoms with Gasteiger partial charge >= 0.3 is 0 Å². The topological polar surface area (TPSA) is 21.3 Å². The Morgan fingerprint density at radius 2 is 2.45 bits per heavy atom. The highest BCUT2D eigenvalue weighted by molar-refractivity contribution is 4.96. The van der Waals surface area contributed by atoms with Crippen LogP contribution in [0.1, 0.15) is 19.8 Å². The molecule has 0 spiro atoms. The Morgan fingerprint density at radius 3 is 3.00 bits per heavy atom. The summed E-state index contributed by atoms with van der Waals surface area (Å²) in [5.74, 6) is 0. The first-order valence-electron chi connectivity index (χ1n) is 4.30. The van der Waals surface area contributed by atoms with Crippen molar-refractivity contribution in [1.82, 2.24) is 5.32 Å². The van der Waals surface area contributed by atoms with E-state index in [2.05, 4.69) is 24.4 Å². The van der Waals surface area contributed by atoms with Crippen LogP contribution in [-0.2, 0) is 4.74 Å². The van der Waals surface area contributed by atoms with Gasteiger partial charge in [-0.05, 0) is 26.8 Å². The van der Waals surface area contributed by atoms with Crippen molar-refractivity contribution in [3.05, 3.63) is 12.2 Å². The lowest BCUT2D eigenvalue weighted by Crippen LogP contribution is -2.18. The fourth-order valence-corrected chi connectivity index (χ4v) is 1.14. The van der Waals surface area contributed by atoms with Crippen LogP contribution in [0.2, 0.25) is 0 Å². The molecule has 2 atom stereocenters. The molecule has 1 rings (SSSR count). The fourth-order valence-electron chi connectivity index (χ4n) is 1.14. The van der Waals surface area contributed by atoms with Crippen LogP contribution in [-0.4, -0.2) is 25.8 Å². The van der Waals surface area contributed by atoms with E-state index in [0.29, 0.717) is 12.1 Å². The van der Waals surface area contributed by atoms with E-state index in [1.165, 1.54) is 12.8 Å². The van der Waals surface area contributed by atoms with Crippen LogP contribution >= 0.6 is 0 Å². The van der Waals surface area contributed by atoms with Crippen LogP contribution < -0.4 is 5.32 Å². The lowest BCUT2D eigenvalue weighted by atomic mass is 10.2. The Balaban J connectivity index is 2.22. The quantitative estimate of drug-likeness (QED) is 0.621. The number of hydrogen-bond donors (Lipinski definition) is 1. The van der Waals surface area contributed by atoms with E-state index in [1.807, 2.05) is 7.05 Å². The van der Waals surface area contributed by atoms with Gasteiger partial charge in [0.15, 0.2) is 0 Å². The third-order valence-corrected chi connectivity index (χ3v) is 2.03. The van der Waals surface area contributed by atoms with Gasteiger partial charge < -0.3 is 10.1 Å². The minimum atomic E-state index is 0.380. The molecule has 1 saturated heterocycles. The van der Waals surface area contributed by atoms with Gasteiger partial charge in [-0.1, -0.05) is 12.2 Å². The molecule has 0 aromatic rings. The van der Waals surface area contributed by atoms with Crippen molar-refractivity contribution in [3.8, 4) is 0 Å². The number of nitrogens with one attached hydrogen (secondary N) is 1. The Morgan fingerprint density at radius 1 is 1.64 bits per heavy atom. The molecule has 0 radical (unpaired) electrons. The highest BCUT2D eigenvalue weighted by atomic mass is 16.5. The van der Waals surface area contributed by atoms with E-state index in [4.69, 9.17) is 4.74 Å². The molecule has 0 aliphatic carbocycles. The van der Waals surface area contributed by atoms with Crippen LogP contribution in [0.3, 0.4) is 0 Å². The summed E-state index contributed by atoms with van der Waals surface area (Å²) in [6.45, 7) is 3.06. The van der Waals surface area contributed by atoms with Crippen molar-refractivity contribution in [2.24, 2.45) is 0 Å². The second-order valence-electron chi connectivity index (χ2n) is 3.01. The van der Waals surface area contributed by atoms with E-state index < -0.39 is 0 Å².